The number of imide groups is 1. The van der Waals surface area contributed by atoms with E-state index in [2.05, 4.69) is 32.2 Å². The highest BCUT2D eigenvalue weighted by atomic mass is 16.2. The van der Waals surface area contributed by atoms with Crippen molar-refractivity contribution in [3.05, 3.63) is 47.0 Å². The number of anilines is 3. The molecular weight excluding hydrogens is 494 g/mol. The lowest BCUT2D eigenvalue weighted by Gasteiger charge is -2.48. The molecule has 1 saturated carbocycles. The molecule has 2 amide bonds. The van der Waals surface area contributed by atoms with Crippen molar-refractivity contribution in [2.24, 2.45) is 5.41 Å². The van der Waals surface area contributed by atoms with Gasteiger partial charge in [0.05, 0.1) is 28.6 Å². The van der Waals surface area contributed by atoms with Crippen molar-refractivity contribution >= 4 is 40.0 Å². The van der Waals surface area contributed by atoms with Crippen LogP contribution in [0.25, 0.3) is 11.0 Å². The molecule has 1 spiro atoms. The third-order valence-corrected chi connectivity index (χ3v) is 9.46. The minimum Gasteiger partial charge on any atom is -0.384 e. The minimum absolute atomic E-state index is 0.132. The minimum atomic E-state index is -0.654. The molecule has 10 nitrogen and oxygen atoms in total. The molecule has 5 heterocycles. The maximum absolute atomic E-state index is 13.8. The maximum atomic E-state index is 13.8. The molecule has 4 aliphatic rings. The highest BCUT2D eigenvalue weighted by Crippen LogP contribution is 2.45. The number of nitrogens with zero attached hydrogens (tertiary/aromatic N) is 5. The van der Waals surface area contributed by atoms with E-state index in [1.165, 1.54) is 0 Å². The van der Waals surface area contributed by atoms with Crippen LogP contribution in [0.4, 0.5) is 17.2 Å². The van der Waals surface area contributed by atoms with Gasteiger partial charge in [0.1, 0.15) is 11.9 Å². The fourth-order valence-electron chi connectivity index (χ4n) is 6.98. The molecule has 2 aromatic heterocycles. The van der Waals surface area contributed by atoms with E-state index in [0.717, 1.165) is 87.1 Å². The van der Waals surface area contributed by atoms with Gasteiger partial charge in [-0.3, -0.25) is 24.0 Å². The average Bonchev–Trinajstić information content (AvgIpc) is 3.73. The van der Waals surface area contributed by atoms with Gasteiger partial charge in [-0.15, -0.1) is 0 Å². The number of nitrogens with one attached hydrogen (secondary N) is 1. The first-order chi connectivity index (χ1) is 18.9. The maximum Gasteiger partial charge on any atom is 0.330 e. The topological polar surface area (TPSA) is 118 Å². The first-order valence-corrected chi connectivity index (χ1v) is 14.2. The zero-order chi connectivity index (χ0) is 26.7. The van der Waals surface area contributed by atoms with Crippen molar-refractivity contribution in [1.82, 2.24) is 19.4 Å². The van der Waals surface area contributed by atoms with Crippen LogP contribution in [0.1, 0.15) is 63.5 Å². The number of nitrogen functional groups attached to an aromatic ring is 1. The van der Waals surface area contributed by atoms with Crippen molar-refractivity contribution in [3.8, 4) is 0 Å². The molecule has 39 heavy (non-hydrogen) atoms. The number of nitrogens with two attached hydrogens (primary N) is 1. The summed E-state index contributed by atoms with van der Waals surface area (Å²) in [5.41, 5.74) is 9.94. The second-order valence-corrected chi connectivity index (χ2v) is 11.8. The Hall–Kier alpha value is -3.82. The Kier molecular flexibility index (Phi) is 5.68. The molecule has 3 aromatic rings. The van der Waals surface area contributed by atoms with Crippen LogP contribution in [-0.4, -0.2) is 52.1 Å². The van der Waals surface area contributed by atoms with Crippen molar-refractivity contribution in [2.45, 2.75) is 63.5 Å². The number of rotatable bonds is 4. The van der Waals surface area contributed by atoms with E-state index < -0.39 is 6.04 Å². The number of amides is 2. The van der Waals surface area contributed by atoms with Crippen LogP contribution in [0.2, 0.25) is 0 Å². The van der Waals surface area contributed by atoms with Gasteiger partial charge in [0.25, 0.3) is 0 Å². The van der Waals surface area contributed by atoms with Gasteiger partial charge >= 0.3 is 5.69 Å². The number of piperidine rings is 3. The van der Waals surface area contributed by atoms with Crippen molar-refractivity contribution < 1.29 is 9.59 Å². The number of hydrogen-bond donors (Lipinski definition) is 2. The first-order valence-electron chi connectivity index (χ1n) is 14.2. The summed E-state index contributed by atoms with van der Waals surface area (Å²) in [7, 11) is 0. The summed E-state index contributed by atoms with van der Waals surface area (Å²) in [5, 5.41) is 2.43. The fourth-order valence-corrected chi connectivity index (χ4v) is 6.98. The number of carbonyl (C=O) groups excluding carboxylic acids is 2. The number of fused-ring (bicyclic) bond motifs is 1. The number of benzene rings is 1. The van der Waals surface area contributed by atoms with E-state index >= 15 is 0 Å². The number of aromatic nitrogens is 3. The largest absolute Gasteiger partial charge is 0.384 e. The molecule has 10 heteroatoms. The number of pyridine rings is 1. The van der Waals surface area contributed by atoms with E-state index in [1.807, 2.05) is 29.0 Å². The predicted molar refractivity (Wildman–Crippen MR) is 150 cm³/mol. The highest BCUT2D eigenvalue weighted by Gasteiger charge is 2.40. The molecular formula is C29H35N7O3. The van der Waals surface area contributed by atoms with Crippen molar-refractivity contribution in [3.63, 3.8) is 0 Å². The smallest absolute Gasteiger partial charge is 0.330 e. The molecule has 4 fully saturated rings. The van der Waals surface area contributed by atoms with Crippen LogP contribution in [0.5, 0.6) is 0 Å². The van der Waals surface area contributed by atoms with Gasteiger partial charge in [-0.2, -0.15) is 0 Å². The molecule has 3 saturated heterocycles. The Morgan fingerprint density at radius 2 is 1.59 bits per heavy atom. The lowest BCUT2D eigenvalue weighted by Crippen LogP contribution is -2.47. The molecule has 204 valence electrons. The van der Waals surface area contributed by atoms with Gasteiger partial charge in [-0.05, 0) is 74.6 Å². The van der Waals surface area contributed by atoms with Gasteiger partial charge in [0.15, 0.2) is 0 Å². The lowest BCUT2D eigenvalue weighted by atomic mass is 9.71. The van der Waals surface area contributed by atoms with Crippen LogP contribution in [0.15, 0.2) is 41.3 Å². The Balaban J connectivity index is 1.14. The predicted octanol–water partition coefficient (Wildman–Crippen LogP) is 2.98. The Morgan fingerprint density at radius 1 is 0.872 bits per heavy atom. The van der Waals surface area contributed by atoms with Crippen LogP contribution < -0.4 is 26.5 Å². The summed E-state index contributed by atoms with van der Waals surface area (Å²) in [5.74, 6) is -0.0991. The number of carbonyl (C=O) groups is 2. The molecule has 0 radical (unpaired) electrons. The molecule has 1 aliphatic carbocycles. The quantitative estimate of drug-likeness (QED) is 0.499. The normalized spacial score (nSPS) is 23.4. The van der Waals surface area contributed by atoms with Crippen molar-refractivity contribution in [2.75, 3.05) is 41.7 Å². The van der Waals surface area contributed by atoms with Gasteiger partial charge < -0.3 is 15.5 Å². The SMILES string of the molecule is Nc1ccc(N2CCC3(CC2)CCN(c2cccc4c2n(C2CC2)c(=O)n4[C@@H]2CCC(=O)NC2=O)CC3)cn1. The summed E-state index contributed by atoms with van der Waals surface area (Å²) < 4.78 is 3.57. The molecule has 1 aromatic carbocycles. The summed E-state index contributed by atoms with van der Waals surface area (Å²) in [4.78, 5) is 47.4. The first kappa shape index (κ1) is 24.2. The van der Waals surface area contributed by atoms with E-state index in [9.17, 15) is 14.4 Å². The molecule has 0 unspecified atom stereocenters. The standard InChI is InChI=1S/C29H35N7O3/c30-24-8-6-20(18-31-24)33-14-10-29(11-15-33)12-16-34(17-13-29)21-2-1-3-22-26(21)35(19-4-5-19)28(39)36(22)23-7-9-25(37)32-27(23)38/h1-3,6,8,18-19,23H,4-5,7,9-17H2,(H2,30,31)(H,32,37,38)/t23-/m1/s1. The lowest BCUT2D eigenvalue weighted by molar-refractivity contribution is -0.135. The van der Waals surface area contributed by atoms with Crippen LogP contribution in [-0.2, 0) is 9.59 Å². The molecule has 3 aliphatic heterocycles. The van der Waals surface area contributed by atoms with Gasteiger partial charge in [-0.25, -0.2) is 9.78 Å². The average molecular weight is 530 g/mol. The van der Waals surface area contributed by atoms with Crippen LogP contribution in [0.3, 0.4) is 0 Å². The fraction of sp³-hybridized carbons (Fsp3) is 0.517. The Labute approximate surface area is 226 Å². The van der Waals surface area contributed by atoms with Crippen LogP contribution >= 0.6 is 0 Å². The monoisotopic (exact) mass is 529 g/mol. The zero-order valence-electron chi connectivity index (χ0n) is 22.1. The molecule has 3 N–H and O–H groups in total. The van der Waals surface area contributed by atoms with Crippen molar-refractivity contribution in [1.29, 1.82) is 0 Å². The number of hydrogen-bond acceptors (Lipinski definition) is 7. The summed E-state index contributed by atoms with van der Waals surface area (Å²) in [6.07, 6.45) is 9.00. The number of imidazole rings is 1. The third kappa shape index (κ3) is 4.17. The third-order valence-electron chi connectivity index (χ3n) is 9.46. The summed E-state index contributed by atoms with van der Waals surface area (Å²) in [6, 6.07) is 9.54. The number of para-hydroxylation sites is 1. The van der Waals surface area contributed by atoms with Gasteiger partial charge in [-0.1, -0.05) is 6.07 Å². The second kappa shape index (κ2) is 9.14. The summed E-state index contributed by atoms with van der Waals surface area (Å²) in [6.45, 7) is 3.95. The molecule has 0 bridgehead atoms. The van der Waals surface area contributed by atoms with E-state index in [-0.39, 0.29) is 30.0 Å². The zero-order valence-corrected chi connectivity index (χ0v) is 22.1. The van der Waals surface area contributed by atoms with Gasteiger partial charge in [0.2, 0.25) is 11.8 Å². The molecule has 1 atom stereocenters. The highest BCUT2D eigenvalue weighted by molar-refractivity contribution is 6.00. The van der Waals surface area contributed by atoms with Crippen LogP contribution in [0, 0.1) is 5.41 Å². The van der Waals surface area contributed by atoms with Gasteiger partial charge in [0, 0.05) is 38.6 Å². The molecule has 7 rings (SSSR count). The van der Waals surface area contributed by atoms with E-state index in [4.69, 9.17) is 5.73 Å². The summed E-state index contributed by atoms with van der Waals surface area (Å²) >= 11 is 0. The Bertz CT molecular complexity index is 1490. The van der Waals surface area contributed by atoms with E-state index in [0.29, 0.717) is 17.7 Å². The Morgan fingerprint density at radius 3 is 2.23 bits per heavy atom. The van der Waals surface area contributed by atoms with E-state index in [1.54, 1.807) is 4.57 Å². The second-order valence-electron chi connectivity index (χ2n) is 11.8.